The Morgan fingerprint density at radius 3 is 2.62 bits per heavy atom. The molecule has 1 aromatic carbocycles. The van der Waals surface area contributed by atoms with Gasteiger partial charge in [-0.2, -0.15) is 0 Å². The molecule has 0 aliphatic heterocycles. The summed E-state index contributed by atoms with van der Waals surface area (Å²) < 4.78 is 14.3. The van der Waals surface area contributed by atoms with Gasteiger partial charge in [-0.25, -0.2) is 4.39 Å². The van der Waals surface area contributed by atoms with Gasteiger partial charge in [0, 0.05) is 16.1 Å². The lowest BCUT2D eigenvalue weighted by molar-refractivity contribution is 0.536. The molecule has 0 heterocycles. The molecule has 2 N–H and O–H groups in total. The Bertz CT molecular complexity index is 300. The van der Waals surface area contributed by atoms with Crippen LogP contribution >= 0.6 is 28.3 Å². The Hall–Kier alpha value is -0.120. The van der Waals surface area contributed by atoms with E-state index in [0.717, 1.165) is 30.2 Å². The predicted molar refractivity (Wildman–Crippen MR) is 72.4 cm³/mol. The highest BCUT2D eigenvalue weighted by atomic mass is 79.9. The molecule has 0 radical (unpaired) electrons. The van der Waals surface area contributed by atoms with Crippen molar-refractivity contribution in [2.75, 3.05) is 0 Å². The fourth-order valence-corrected chi connectivity index (χ4v) is 2.26. The molecule has 4 heteroatoms. The van der Waals surface area contributed by atoms with Crippen molar-refractivity contribution in [1.82, 2.24) is 0 Å². The Kier molecular flexibility index (Phi) is 7.98. The number of rotatable bonds is 5. The van der Waals surface area contributed by atoms with Gasteiger partial charge in [-0.05, 0) is 18.6 Å². The molecular weight excluding hydrogens is 292 g/mol. The second-order valence-electron chi connectivity index (χ2n) is 3.74. The van der Waals surface area contributed by atoms with Crippen molar-refractivity contribution in [3.05, 3.63) is 34.1 Å². The zero-order valence-electron chi connectivity index (χ0n) is 9.38. The first-order valence-electron chi connectivity index (χ1n) is 5.36. The molecular formula is C12H18BrClFN. The monoisotopic (exact) mass is 309 g/mol. The van der Waals surface area contributed by atoms with E-state index in [1.807, 2.05) is 6.07 Å². The van der Waals surface area contributed by atoms with Gasteiger partial charge in [0.15, 0.2) is 0 Å². The Morgan fingerprint density at radius 2 is 2.06 bits per heavy atom. The van der Waals surface area contributed by atoms with Crippen LogP contribution < -0.4 is 5.73 Å². The van der Waals surface area contributed by atoms with Crippen LogP contribution in [0.15, 0.2) is 22.7 Å². The Labute approximate surface area is 111 Å². The van der Waals surface area contributed by atoms with Crippen molar-refractivity contribution in [2.45, 2.75) is 38.6 Å². The van der Waals surface area contributed by atoms with E-state index in [2.05, 4.69) is 22.9 Å². The van der Waals surface area contributed by atoms with E-state index in [9.17, 15) is 4.39 Å². The third kappa shape index (κ3) is 4.40. The van der Waals surface area contributed by atoms with Crippen molar-refractivity contribution in [1.29, 1.82) is 0 Å². The molecule has 1 atom stereocenters. The summed E-state index contributed by atoms with van der Waals surface area (Å²) in [7, 11) is 0. The molecule has 0 amide bonds. The van der Waals surface area contributed by atoms with E-state index in [1.165, 1.54) is 6.07 Å². The predicted octanol–water partition coefficient (Wildman–Crippen LogP) is 4.59. The van der Waals surface area contributed by atoms with E-state index in [1.54, 1.807) is 6.07 Å². The van der Waals surface area contributed by atoms with E-state index in [0.29, 0.717) is 5.56 Å². The third-order valence-electron chi connectivity index (χ3n) is 2.49. The third-order valence-corrected chi connectivity index (χ3v) is 3.18. The largest absolute Gasteiger partial charge is 0.324 e. The van der Waals surface area contributed by atoms with Crippen molar-refractivity contribution in [3.8, 4) is 0 Å². The molecule has 1 rings (SSSR count). The Balaban J connectivity index is 0.00000225. The van der Waals surface area contributed by atoms with Gasteiger partial charge in [-0.1, -0.05) is 48.2 Å². The first-order chi connectivity index (χ1) is 7.16. The summed E-state index contributed by atoms with van der Waals surface area (Å²) in [5, 5.41) is 0. The number of halogens is 3. The van der Waals surface area contributed by atoms with Gasteiger partial charge in [0.2, 0.25) is 0 Å². The average Bonchev–Trinajstić information content (AvgIpc) is 2.18. The summed E-state index contributed by atoms with van der Waals surface area (Å²) in [4.78, 5) is 0. The Morgan fingerprint density at radius 1 is 1.38 bits per heavy atom. The molecule has 0 unspecified atom stereocenters. The van der Waals surface area contributed by atoms with E-state index in [4.69, 9.17) is 5.73 Å². The van der Waals surface area contributed by atoms with Gasteiger partial charge >= 0.3 is 0 Å². The zero-order chi connectivity index (χ0) is 11.3. The molecule has 92 valence electrons. The van der Waals surface area contributed by atoms with Gasteiger partial charge in [0.1, 0.15) is 5.82 Å². The highest BCUT2D eigenvalue weighted by Crippen LogP contribution is 2.27. The molecule has 0 aromatic heterocycles. The minimum atomic E-state index is -0.214. The van der Waals surface area contributed by atoms with E-state index >= 15 is 0 Å². The minimum Gasteiger partial charge on any atom is -0.324 e. The molecule has 0 saturated carbocycles. The quantitative estimate of drug-likeness (QED) is 0.791. The molecule has 0 aliphatic carbocycles. The van der Waals surface area contributed by atoms with Crippen molar-refractivity contribution >= 4 is 28.3 Å². The number of hydrogen-bond donors (Lipinski definition) is 1. The first kappa shape index (κ1) is 15.9. The van der Waals surface area contributed by atoms with Crippen LogP contribution in [0.4, 0.5) is 4.39 Å². The standard InChI is InChI=1S/C12H17BrFN.ClH/c1-2-3-4-8-11(15)12-9(13)6-5-7-10(12)14;/h5-7,11H,2-4,8,15H2,1H3;1H/t11-;/m1./s1. The SMILES string of the molecule is CCCCC[C@@H](N)c1c(F)cccc1Br.Cl. The molecule has 0 saturated heterocycles. The van der Waals surface area contributed by atoms with Crippen LogP contribution in [0, 0.1) is 5.82 Å². The van der Waals surface area contributed by atoms with Crippen LogP contribution in [-0.2, 0) is 0 Å². The fourth-order valence-electron chi connectivity index (χ4n) is 1.62. The van der Waals surface area contributed by atoms with Crippen molar-refractivity contribution < 1.29 is 4.39 Å². The second-order valence-corrected chi connectivity index (χ2v) is 4.59. The van der Waals surface area contributed by atoms with Gasteiger partial charge < -0.3 is 5.73 Å². The summed E-state index contributed by atoms with van der Waals surface area (Å²) >= 11 is 3.34. The van der Waals surface area contributed by atoms with Crippen LogP contribution in [0.5, 0.6) is 0 Å². The molecule has 0 aliphatic rings. The molecule has 1 nitrogen and oxygen atoms in total. The first-order valence-corrected chi connectivity index (χ1v) is 6.15. The van der Waals surface area contributed by atoms with Crippen LogP contribution in [0.1, 0.15) is 44.2 Å². The lowest BCUT2D eigenvalue weighted by Crippen LogP contribution is -2.12. The smallest absolute Gasteiger partial charge is 0.129 e. The fraction of sp³-hybridized carbons (Fsp3) is 0.500. The van der Waals surface area contributed by atoms with Crippen LogP contribution in [0.25, 0.3) is 0 Å². The van der Waals surface area contributed by atoms with Crippen LogP contribution in [0.3, 0.4) is 0 Å². The van der Waals surface area contributed by atoms with E-state index in [-0.39, 0.29) is 24.3 Å². The zero-order valence-corrected chi connectivity index (χ0v) is 11.8. The lowest BCUT2D eigenvalue weighted by atomic mass is 10.0. The van der Waals surface area contributed by atoms with E-state index < -0.39 is 0 Å². The topological polar surface area (TPSA) is 26.0 Å². The number of hydrogen-bond acceptors (Lipinski definition) is 1. The summed E-state index contributed by atoms with van der Waals surface area (Å²) in [6.45, 7) is 2.14. The van der Waals surface area contributed by atoms with Gasteiger partial charge in [-0.3, -0.25) is 0 Å². The van der Waals surface area contributed by atoms with Crippen molar-refractivity contribution in [2.24, 2.45) is 5.73 Å². The van der Waals surface area contributed by atoms with Crippen LogP contribution in [-0.4, -0.2) is 0 Å². The van der Waals surface area contributed by atoms with Gasteiger partial charge in [0.25, 0.3) is 0 Å². The van der Waals surface area contributed by atoms with Crippen LogP contribution in [0.2, 0.25) is 0 Å². The van der Waals surface area contributed by atoms with Gasteiger partial charge in [0.05, 0.1) is 0 Å². The molecule has 0 spiro atoms. The normalized spacial score (nSPS) is 12.0. The maximum atomic E-state index is 13.5. The summed E-state index contributed by atoms with van der Waals surface area (Å²) in [5.74, 6) is -0.214. The summed E-state index contributed by atoms with van der Waals surface area (Å²) in [6, 6.07) is 4.77. The van der Waals surface area contributed by atoms with Crippen molar-refractivity contribution in [3.63, 3.8) is 0 Å². The summed E-state index contributed by atoms with van der Waals surface area (Å²) in [6.07, 6.45) is 4.21. The highest BCUT2D eigenvalue weighted by molar-refractivity contribution is 9.10. The average molecular weight is 311 g/mol. The number of benzene rings is 1. The number of nitrogens with two attached hydrogens (primary N) is 1. The molecule has 0 bridgehead atoms. The molecule has 1 aromatic rings. The maximum Gasteiger partial charge on any atom is 0.129 e. The summed E-state index contributed by atoms with van der Waals surface area (Å²) in [5.41, 5.74) is 6.57. The molecule has 16 heavy (non-hydrogen) atoms. The molecule has 0 fully saturated rings. The minimum absolute atomic E-state index is 0. The lowest BCUT2D eigenvalue weighted by Gasteiger charge is -2.14. The van der Waals surface area contributed by atoms with Gasteiger partial charge in [-0.15, -0.1) is 12.4 Å². The highest BCUT2D eigenvalue weighted by Gasteiger charge is 2.13. The number of unbranched alkanes of at least 4 members (excludes halogenated alkanes) is 2. The maximum absolute atomic E-state index is 13.5. The second kappa shape index (κ2) is 8.04.